The zero-order valence-corrected chi connectivity index (χ0v) is 10.2. The molecule has 0 amide bonds. The van der Waals surface area contributed by atoms with Gasteiger partial charge in [-0.2, -0.15) is 0 Å². The molecule has 2 rings (SSSR count). The van der Waals surface area contributed by atoms with Gasteiger partial charge in [-0.1, -0.05) is 6.42 Å². The molecule has 1 aliphatic carbocycles. The molecule has 0 N–H and O–H groups in total. The molecule has 0 saturated heterocycles. The van der Waals surface area contributed by atoms with Crippen LogP contribution in [0.1, 0.15) is 24.8 Å². The molecule has 1 saturated carbocycles. The number of nitro groups is 1. The monoisotopic (exact) mass is 235 g/mol. The number of hydrogen-bond acceptors (Lipinski definition) is 4. The van der Waals surface area contributed by atoms with Crippen molar-refractivity contribution in [2.24, 2.45) is 5.92 Å². The van der Waals surface area contributed by atoms with Crippen molar-refractivity contribution in [2.45, 2.75) is 26.2 Å². The second-order valence-electron chi connectivity index (χ2n) is 4.76. The molecule has 0 radical (unpaired) electrons. The summed E-state index contributed by atoms with van der Waals surface area (Å²) in [5.74, 6) is 1.58. The highest BCUT2D eigenvalue weighted by Crippen LogP contribution is 2.28. The molecule has 0 spiro atoms. The number of aryl methyl sites for hydroxylation is 1. The SMILES string of the molecule is Cc1cc(N(C)CC2CCC2)ncc1[N+](=O)[O-]. The first-order valence-electron chi connectivity index (χ1n) is 5.90. The number of rotatable bonds is 4. The van der Waals surface area contributed by atoms with Crippen molar-refractivity contribution in [3.8, 4) is 0 Å². The molecule has 92 valence electrons. The number of aromatic nitrogens is 1. The molecule has 5 heteroatoms. The number of pyridine rings is 1. The van der Waals surface area contributed by atoms with Crippen molar-refractivity contribution in [3.05, 3.63) is 27.9 Å². The van der Waals surface area contributed by atoms with Gasteiger partial charge < -0.3 is 4.90 Å². The third-order valence-electron chi connectivity index (χ3n) is 3.41. The molecular formula is C12H17N3O2. The van der Waals surface area contributed by atoms with E-state index in [1.165, 1.54) is 25.5 Å². The average Bonchev–Trinajstić information content (AvgIpc) is 2.22. The summed E-state index contributed by atoms with van der Waals surface area (Å²) in [5, 5.41) is 10.7. The van der Waals surface area contributed by atoms with Crippen molar-refractivity contribution in [2.75, 3.05) is 18.5 Å². The van der Waals surface area contributed by atoms with Gasteiger partial charge in [0.05, 0.1) is 4.92 Å². The normalized spacial score (nSPS) is 15.4. The van der Waals surface area contributed by atoms with E-state index in [1.54, 1.807) is 13.0 Å². The Balaban J connectivity index is 2.10. The molecule has 1 aliphatic rings. The summed E-state index contributed by atoms with van der Waals surface area (Å²) >= 11 is 0. The Morgan fingerprint density at radius 3 is 2.76 bits per heavy atom. The summed E-state index contributed by atoms with van der Waals surface area (Å²) in [5.41, 5.74) is 0.756. The van der Waals surface area contributed by atoms with Gasteiger partial charge in [-0.05, 0) is 31.7 Å². The van der Waals surface area contributed by atoms with Gasteiger partial charge in [-0.25, -0.2) is 4.98 Å². The number of hydrogen-bond donors (Lipinski definition) is 0. The highest BCUT2D eigenvalue weighted by atomic mass is 16.6. The molecule has 0 aromatic carbocycles. The fourth-order valence-corrected chi connectivity index (χ4v) is 2.09. The van der Waals surface area contributed by atoms with E-state index in [4.69, 9.17) is 0 Å². The van der Waals surface area contributed by atoms with Gasteiger partial charge in [0.1, 0.15) is 12.0 Å². The lowest BCUT2D eigenvalue weighted by Crippen LogP contribution is -2.29. The molecule has 1 heterocycles. The van der Waals surface area contributed by atoms with Crippen LogP contribution in [0, 0.1) is 23.0 Å². The van der Waals surface area contributed by atoms with Crippen LogP contribution in [0.15, 0.2) is 12.3 Å². The Morgan fingerprint density at radius 2 is 2.29 bits per heavy atom. The highest BCUT2D eigenvalue weighted by molar-refractivity contribution is 5.48. The van der Waals surface area contributed by atoms with Crippen LogP contribution in [0.4, 0.5) is 11.5 Å². The lowest BCUT2D eigenvalue weighted by Gasteiger charge is -2.30. The van der Waals surface area contributed by atoms with E-state index in [-0.39, 0.29) is 5.69 Å². The molecule has 1 aromatic heterocycles. The summed E-state index contributed by atoms with van der Waals surface area (Å²) in [6, 6.07) is 1.79. The minimum absolute atomic E-state index is 0.0887. The summed E-state index contributed by atoms with van der Waals surface area (Å²) in [6.07, 6.45) is 5.25. The van der Waals surface area contributed by atoms with Crippen molar-refractivity contribution >= 4 is 11.5 Å². The second-order valence-corrected chi connectivity index (χ2v) is 4.76. The number of nitrogens with zero attached hydrogens (tertiary/aromatic N) is 3. The van der Waals surface area contributed by atoms with Crippen LogP contribution in [0.3, 0.4) is 0 Å². The van der Waals surface area contributed by atoms with Crippen LogP contribution in [-0.2, 0) is 0 Å². The second kappa shape index (κ2) is 4.69. The quantitative estimate of drug-likeness (QED) is 0.594. The third kappa shape index (κ3) is 2.54. The smallest absolute Gasteiger partial charge is 0.290 e. The number of anilines is 1. The Labute approximate surface area is 101 Å². The molecule has 0 atom stereocenters. The molecule has 0 aliphatic heterocycles. The van der Waals surface area contributed by atoms with E-state index in [9.17, 15) is 10.1 Å². The van der Waals surface area contributed by atoms with Gasteiger partial charge in [0.15, 0.2) is 0 Å². The molecule has 17 heavy (non-hydrogen) atoms. The summed E-state index contributed by atoms with van der Waals surface area (Å²) in [7, 11) is 1.99. The molecule has 0 unspecified atom stereocenters. The van der Waals surface area contributed by atoms with Crippen LogP contribution in [0.25, 0.3) is 0 Å². The predicted octanol–water partition coefficient (Wildman–Crippen LogP) is 2.53. The Bertz CT molecular complexity index is 430. The van der Waals surface area contributed by atoms with Gasteiger partial charge in [0.25, 0.3) is 5.69 Å². The minimum Gasteiger partial charge on any atom is -0.359 e. The van der Waals surface area contributed by atoms with E-state index >= 15 is 0 Å². The summed E-state index contributed by atoms with van der Waals surface area (Å²) < 4.78 is 0. The summed E-state index contributed by atoms with van der Waals surface area (Å²) in [4.78, 5) is 16.5. The van der Waals surface area contributed by atoms with Crippen LogP contribution in [0.2, 0.25) is 0 Å². The molecule has 1 fully saturated rings. The molecule has 0 bridgehead atoms. The first-order valence-corrected chi connectivity index (χ1v) is 5.90. The van der Waals surface area contributed by atoms with E-state index in [1.807, 2.05) is 7.05 Å². The largest absolute Gasteiger partial charge is 0.359 e. The average molecular weight is 235 g/mol. The Kier molecular flexibility index (Phi) is 3.26. The highest BCUT2D eigenvalue weighted by Gasteiger charge is 2.20. The molecular weight excluding hydrogens is 218 g/mol. The van der Waals surface area contributed by atoms with Gasteiger partial charge >= 0.3 is 0 Å². The van der Waals surface area contributed by atoms with Crippen LogP contribution >= 0.6 is 0 Å². The van der Waals surface area contributed by atoms with Gasteiger partial charge in [0.2, 0.25) is 0 Å². The fraction of sp³-hybridized carbons (Fsp3) is 0.583. The zero-order chi connectivity index (χ0) is 12.4. The first kappa shape index (κ1) is 11.8. The van der Waals surface area contributed by atoms with E-state index in [2.05, 4.69) is 9.88 Å². The van der Waals surface area contributed by atoms with Gasteiger partial charge in [-0.3, -0.25) is 10.1 Å². The fourth-order valence-electron chi connectivity index (χ4n) is 2.09. The van der Waals surface area contributed by atoms with E-state index < -0.39 is 4.92 Å². The molecule has 5 nitrogen and oxygen atoms in total. The van der Waals surface area contributed by atoms with Crippen molar-refractivity contribution in [1.29, 1.82) is 0 Å². The Hall–Kier alpha value is -1.65. The van der Waals surface area contributed by atoms with Crippen LogP contribution < -0.4 is 4.90 Å². The minimum atomic E-state index is -0.391. The maximum absolute atomic E-state index is 10.7. The maximum Gasteiger partial charge on any atom is 0.290 e. The summed E-state index contributed by atoms with van der Waals surface area (Å²) in [6.45, 7) is 2.74. The lowest BCUT2D eigenvalue weighted by atomic mass is 9.85. The van der Waals surface area contributed by atoms with Crippen LogP contribution in [0.5, 0.6) is 0 Å². The van der Waals surface area contributed by atoms with E-state index in [0.717, 1.165) is 18.3 Å². The van der Waals surface area contributed by atoms with Crippen molar-refractivity contribution < 1.29 is 4.92 Å². The van der Waals surface area contributed by atoms with Crippen molar-refractivity contribution in [3.63, 3.8) is 0 Å². The lowest BCUT2D eigenvalue weighted by molar-refractivity contribution is -0.385. The topological polar surface area (TPSA) is 59.3 Å². The van der Waals surface area contributed by atoms with Crippen molar-refractivity contribution in [1.82, 2.24) is 4.98 Å². The Morgan fingerprint density at radius 1 is 1.59 bits per heavy atom. The standard InChI is InChI=1S/C12H17N3O2/c1-9-6-12(13-7-11(9)15(16)17)14(2)8-10-4-3-5-10/h6-7,10H,3-5,8H2,1-2H3. The maximum atomic E-state index is 10.7. The zero-order valence-electron chi connectivity index (χ0n) is 10.2. The van der Waals surface area contributed by atoms with E-state index in [0.29, 0.717) is 5.56 Å². The predicted molar refractivity (Wildman–Crippen MR) is 66.2 cm³/mol. The van der Waals surface area contributed by atoms with Crippen LogP contribution in [-0.4, -0.2) is 23.5 Å². The first-order chi connectivity index (χ1) is 8.08. The molecule has 1 aromatic rings. The third-order valence-corrected chi connectivity index (χ3v) is 3.41. The van der Waals surface area contributed by atoms with Gasteiger partial charge in [0, 0.05) is 19.2 Å². The van der Waals surface area contributed by atoms with Gasteiger partial charge in [-0.15, -0.1) is 0 Å².